The van der Waals surface area contributed by atoms with E-state index in [1.165, 1.54) is 0 Å². The Labute approximate surface area is 107 Å². The molecule has 0 fully saturated rings. The Kier molecular flexibility index (Phi) is 4.30. The van der Waals surface area contributed by atoms with Crippen LogP contribution in [0.5, 0.6) is 0 Å². The van der Waals surface area contributed by atoms with Crippen LogP contribution in [-0.4, -0.2) is 35.0 Å². The number of nitrogens with zero attached hydrogens (tertiary/aromatic N) is 2. The van der Waals surface area contributed by atoms with Gasteiger partial charge >= 0.3 is 0 Å². The Morgan fingerprint density at radius 3 is 2.50 bits per heavy atom. The van der Waals surface area contributed by atoms with Gasteiger partial charge in [0.2, 0.25) is 11.9 Å². The SMILES string of the molecule is CNc1cc(NCC(=O)NC(C)(C)C)nc(N)n1. The first-order valence-corrected chi connectivity index (χ1v) is 5.67. The second-order valence-corrected chi connectivity index (χ2v) is 4.90. The minimum Gasteiger partial charge on any atom is -0.373 e. The van der Waals surface area contributed by atoms with E-state index < -0.39 is 0 Å². The number of carbonyl (C=O) groups is 1. The van der Waals surface area contributed by atoms with E-state index in [-0.39, 0.29) is 23.9 Å². The van der Waals surface area contributed by atoms with Crippen molar-refractivity contribution in [3.63, 3.8) is 0 Å². The molecular formula is C11H20N6O. The number of rotatable bonds is 4. The average molecular weight is 252 g/mol. The van der Waals surface area contributed by atoms with Crippen LogP contribution in [0.3, 0.4) is 0 Å². The largest absolute Gasteiger partial charge is 0.373 e. The van der Waals surface area contributed by atoms with Crippen LogP contribution in [0.25, 0.3) is 0 Å². The fourth-order valence-corrected chi connectivity index (χ4v) is 1.32. The highest BCUT2D eigenvalue weighted by molar-refractivity contribution is 5.81. The third-order valence-corrected chi connectivity index (χ3v) is 1.94. The van der Waals surface area contributed by atoms with Crippen LogP contribution in [-0.2, 0) is 4.79 Å². The zero-order valence-electron chi connectivity index (χ0n) is 11.2. The smallest absolute Gasteiger partial charge is 0.239 e. The van der Waals surface area contributed by atoms with Gasteiger partial charge in [-0.2, -0.15) is 9.97 Å². The van der Waals surface area contributed by atoms with Crippen molar-refractivity contribution in [2.75, 3.05) is 30.0 Å². The molecule has 0 saturated heterocycles. The molecule has 0 spiro atoms. The molecule has 5 N–H and O–H groups in total. The highest BCUT2D eigenvalue weighted by atomic mass is 16.2. The molecule has 0 aromatic carbocycles. The lowest BCUT2D eigenvalue weighted by Gasteiger charge is -2.20. The standard InChI is InChI=1S/C11H20N6O/c1-11(2,3)17-9(18)6-14-8-5-7(13-4)15-10(12)16-8/h5H,6H2,1-4H3,(H,17,18)(H4,12,13,14,15,16). The zero-order chi connectivity index (χ0) is 13.8. The van der Waals surface area contributed by atoms with E-state index in [1.54, 1.807) is 13.1 Å². The van der Waals surface area contributed by atoms with Crippen LogP contribution in [0.1, 0.15) is 20.8 Å². The topological polar surface area (TPSA) is 105 Å². The third-order valence-electron chi connectivity index (χ3n) is 1.94. The number of nitrogens with two attached hydrogens (primary N) is 1. The summed E-state index contributed by atoms with van der Waals surface area (Å²) in [5.74, 6) is 1.16. The van der Waals surface area contributed by atoms with Crippen LogP contribution in [0, 0.1) is 0 Å². The van der Waals surface area contributed by atoms with Gasteiger partial charge in [-0.3, -0.25) is 4.79 Å². The molecule has 1 amide bonds. The zero-order valence-corrected chi connectivity index (χ0v) is 11.2. The number of hydrogen-bond donors (Lipinski definition) is 4. The van der Waals surface area contributed by atoms with Gasteiger partial charge in [0, 0.05) is 18.7 Å². The maximum absolute atomic E-state index is 11.6. The normalized spacial score (nSPS) is 10.9. The molecule has 0 radical (unpaired) electrons. The maximum atomic E-state index is 11.6. The van der Waals surface area contributed by atoms with Crippen molar-refractivity contribution in [1.82, 2.24) is 15.3 Å². The van der Waals surface area contributed by atoms with Gasteiger partial charge in [-0.25, -0.2) is 0 Å². The van der Waals surface area contributed by atoms with E-state index in [4.69, 9.17) is 5.73 Å². The van der Waals surface area contributed by atoms with Gasteiger partial charge in [0.15, 0.2) is 0 Å². The van der Waals surface area contributed by atoms with Gasteiger partial charge in [-0.1, -0.05) is 0 Å². The van der Waals surface area contributed by atoms with Crippen LogP contribution in [0.4, 0.5) is 17.6 Å². The second kappa shape index (κ2) is 5.52. The predicted molar refractivity (Wildman–Crippen MR) is 72.4 cm³/mol. The Morgan fingerprint density at radius 2 is 1.94 bits per heavy atom. The number of amides is 1. The van der Waals surface area contributed by atoms with Gasteiger partial charge in [-0.15, -0.1) is 0 Å². The molecule has 1 aromatic rings. The van der Waals surface area contributed by atoms with Crippen molar-refractivity contribution >= 4 is 23.5 Å². The number of nitrogens with one attached hydrogen (secondary N) is 3. The molecule has 1 rings (SSSR count). The van der Waals surface area contributed by atoms with Crippen LogP contribution in [0.2, 0.25) is 0 Å². The Balaban J connectivity index is 2.58. The highest BCUT2D eigenvalue weighted by Crippen LogP contribution is 2.11. The molecule has 0 aliphatic carbocycles. The summed E-state index contributed by atoms with van der Waals surface area (Å²) in [5.41, 5.74) is 5.29. The Morgan fingerprint density at radius 1 is 1.33 bits per heavy atom. The van der Waals surface area contributed by atoms with Gasteiger partial charge in [0.25, 0.3) is 0 Å². The average Bonchev–Trinajstić information content (AvgIpc) is 2.23. The van der Waals surface area contributed by atoms with E-state index in [0.29, 0.717) is 11.6 Å². The van der Waals surface area contributed by atoms with Crippen LogP contribution in [0.15, 0.2) is 6.07 Å². The second-order valence-electron chi connectivity index (χ2n) is 4.90. The third kappa shape index (κ3) is 4.86. The molecule has 0 bridgehead atoms. The van der Waals surface area contributed by atoms with E-state index >= 15 is 0 Å². The lowest BCUT2D eigenvalue weighted by atomic mass is 10.1. The first-order valence-electron chi connectivity index (χ1n) is 5.67. The lowest BCUT2D eigenvalue weighted by molar-refractivity contribution is -0.120. The van der Waals surface area contributed by atoms with Crippen molar-refractivity contribution in [3.8, 4) is 0 Å². The summed E-state index contributed by atoms with van der Waals surface area (Å²) < 4.78 is 0. The number of anilines is 3. The van der Waals surface area contributed by atoms with Crippen LogP contribution >= 0.6 is 0 Å². The van der Waals surface area contributed by atoms with Crippen molar-refractivity contribution in [1.29, 1.82) is 0 Å². The van der Waals surface area contributed by atoms with Gasteiger partial charge < -0.3 is 21.7 Å². The van der Waals surface area contributed by atoms with E-state index in [2.05, 4.69) is 25.9 Å². The summed E-state index contributed by atoms with van der Waals surface area (Å²) in [4.78, 5) is 19.5. The van der Waals surface area contributed by atoms with Gasteiger partial charge in [0.05, 0.1) is 6.54 Å². The Hall–Kier alpha value is -2.05. The number of aromatic nitrogens is 2. The minimum atomic E-state index is -0.250. The number of nitrogen functional groups attached to an aromatic ring is 1. The Bertz CT molecular complexity index is 426. The number of carbonyl (C=O) groups excluding carboxylic acids is 1. The van der Waals surface area contributed by atoms with Gasteiger partial charge in [-0.05, 0) is 20.8 Å². The number of hydrogen-bond acceptors (Lipinski definition) is 6. The quantitative estimate of drug-likeness (QED) is 0.619. The molecule has 100 valence electrons. The molecule has 7 nitrogen and oxygen atoms in total. The molecule has 1 aromatic heterocycles. The van der Waals surface area contributed by atoms with Crippen molar-refractivity contribution < 1.29 is 4.79 Å². The molecule has 0 unspecified atom stereocenters. The summed E-state index contributed by atoms with van der Waals surface area (Å²) in [6.45, 7) is 5.91. The molecule has 18 heavy (non-hydrogen) atoms. The van der Waals surface area contributed by atoms with Crippen molar-refractivity contribution in [2.24, 2.45) is 0 Å². The van der Waals surface area contributed by atoms with E-state index in [0.717, 1.165) is 0 Å². The van der Waals surface area contributed by atoms with Gasteiger partial charge in [0.1, 0.15) is 11.6 Å². The molecule has 0 aliphatic heterocycles. The van der Waals surface area contributed by atoms with Crippen molar-refractivity contribution in [3.05, 3.63) is 6.07 Å². The fourth-order valence-electron chi connectivity index (χ4n) is 1.32. The first-order chi connectivity index (χ1) is 8.30. The summed E-state index contributed by atoms with van der Waals surface area (Å²) >= 11 is 0. The molecule has 0 saturated carbocycles. The summed E-state index contributed by atoms with van der Waals surface area (Å²) in [6, 6.07) is 1.68. The first kappa shape index (κ1) is 14.0. The summed E-state index contributed by atoms with van der Waals surface area (Å²) in [7, 11) is 1.73. The fraction of sp³-hybridized carbons (Fsp3) is 0.545. The molecule has 0 atom stereocenters. The van der Waals surface area contributed by atoms with Crippen LogP contribution < -0.4 is 21.7 Å². The molecule has 7 heteroatoms. The van der Waals surface area contributed by atoms with E-state index in [9.17, 15) is 4.79 Å². The summed E-state index contributed by atoms with van der Waals surface area (Å²) in [6.07, 6.45) is 0. The highest BCUT2D eigenvalue weighted by Gasteiger charge is 2.13. The molecule has 1 heterocycles. The van der Waals surface area contributed by atoms with E-state index in [1.807, 2.05) is 20.8 Å². The maximum Gasteiger partial charge on any atom is 0.239 e. The van der Waals surface area contributed by atoms with Crippen molar-refractivity contribution in [2.45, 2.75) is 26.3 Å². The lowest BCUT2D eigenvalue weighted by Crippen LogP contribution is -2.43. The molecule has 0 aliphatic rings. The predicted octanol–water partition coefficient (Wildman–Crippen LogP) is 0.427. The minimum absolute atomic E-state index is 0.106. The summed E-state index contributed by atoms with van der Waals surface area (Å²) in [5, 5.41) is 8.60. The molecular weight excluding hydrogens is 232 g/mol. The monoisotopic (exact) mass is 252 g/mol.